The molecule has 5 N–H and O–H groups in total. The number of nitrogens with zero attached hydrogens (tertiary/aromatic N) is 1. The number of carbonyl (C=O) groups excluding carboxylic acids is 1. The maximum atomic E-state index is 11.2. The number of nitrogens with two attached hydrogens (primary N) is 1. The van der Waals surface area contributed by atoms with Crippen molar-refractivity contribution in [2.24, 2.45) is 16.3 Å². The van der Waals surface area contributed by atoms with Crippen molar-refractivity contribution < 1.29 is 10.0 Å². The van der Waals surface area contributed by atoms with Gasteiger partial charge in [0, 0.05) is 19.5 Å². The Kier molecular flexibility index (Phi) is 4.54. The lowest BCUT2D eigenvalue weighted by Crippen LogP contribution is -2.37. The third-order valence-corrected chi connectivity index (χ3v) is 2.80. The lowest BCUT2D eigenvalue weighted by atomic mass is 10.0. The van der Waals surface area contributed by atoms with Gasteiger partial charge in [-0.05, 0) is 25.2 Å². The van der Waals surface area contributed by atoms with Crippen molar-refractivity contribution in [2.45, 2.75) is 26.2 Å². The van der Waals surface area contributed by atoms with Gasteiger partial charge in [-0.15, -0.1) is 0 Å². The molecule has 0 aromatic carbocycles. The molecule has 6 nitrogen and oxygen atoms in total. The zero-order chi connectivity index (χ0) is 12.0. The number of amides is 1. The van der Waals surface area contributed by atoms with Crippen LogP contribution in [0.2, 0.25) is 0 Å². The smallest absolute Gasteiger partial charge is 0.233 e. The Balaban J connectivity index is 2.20. The third-order valence-electron chi connectivity index (χ3n) is 2.80. The highest BCUT2D eigenvalue weighted by molar-refractivity contribution is 5.80. The minimum Gasteiger partial charge on any atom is -0.409 e. The average molecular weight is 228 g/mol. The van der Waals surface area contributed by atoms with Crippen LogP contribution in [0.4, 0.5) is 0 Å². The molecule has 1 rings (SSSR count). The Morgan fingerprint density at radius 3 is 2.75 bits per heavy atom. The van der Waals surface area contributed by atoms with Crippen LogP contribution in [-0.4, -0.2) is 36.6 Å². The molecule has 1 aliphatic rings. The van der Waals surface area contributed by atoms with Gasteiger partial charge in [0.25, 0.3) is 0 Å². The van der Waals surface area contributed by atoms with Crippen LogP contribution in [0, 0.1) is 5.41 Å². The van der Waals surface area contributed by atoms with Gasteiger partial charge in [0.1, 0.15) is 5.84 Å². The van der Waals surface area contributed by atoms with Crippen molar-refractivity contribution in [3.8, 4) is 0 Å². The van der Waals surface area contributed by atoms with E-state index in [1.54, 1.807) is 0 Å². The first-order valence-electron chi connectivity index (χ1n) is 5.56. The van der Waals surface area contributed by atoms with Gasteiger partial charge in [-0.3, -0.25) is 4.79 Å². The van der Waals surface area contributed by atoms with E-state index in [9.17, 15) is 4.79 Å². The van der Waals surface area contributed by atoms with E-state index in [1.807, 2.05) is 6.92 Å². The summed E-state index contributed by atoms with van der Waals surface area (Å²) in [5, 5.41) is 17.3. The fourth-order valence-electron chi connectivity index (χ4n) is 1.71. The minimum absolute atomic E-state index is 0.00194. The maximum Gasteiger partial charge on any atom is 0.233 e. The molecule has 16 heavy (non-hydrogen) atoms. The van der Waals surface area contributed by atoms with Crippen LogP contribution in [0.15, 0.2) is 5.16 Å². The Morgan fingerprint density at radius 2 is 2.25 bits per heavy atom. The van der Waals surface area contributed by atoms with Gasteiger partial charge in [0.15, 0.2) is 0 Å². The quantitative estimate of drug-likeness (QED) is 0.207. The topological polar surface area (TPSA) is 99.7 Å². The second-order valence-corrected chi connectivity index (χ2v) is 4.33. The Bertz CT molecular complexity index is 274. The van der Waals surface area contributed by atoms with Gasteiger partial charge in [-0.1, -0.05) is 5.16 Å². The number of rotatable bonds is 7. The summed E-state index contributed by atoms with van der Waals surface area (Å²) in [6, 6.07) is 0. The average Bonchev–Trinajstić information content (AvgIpc) is 2.98. The number of amidine groups is 1. The molecule has 6 heteroatoms. The largest absolute Gasteiger partial charge is 0.409 e. The standard InChI is InChI=1S/C10H20N4O2/c1-2-13-9(15)6-12-7-10(3-4-10)5-8(11)14-16/h12,16H,2-7H2,1H3,(H2,11,14)(H,13,15). The SMILES string of the molecule is CCNC(=O)CNCC1(CC(N)=NO)CC1. The van der Waals surface area contributed by atoms with Crippen LogP contribution in [0.3, 0.4) is 0 Å². The summed E-state index contributed by atoms with van der Waals surface area (Å²) in [6.45, 7) is 3.60. The normalized spacial score (nSPS) is 18.2. The first-order valence-corrected chi connectivity index (χ1v) is 5.56. The Labute approximate surface area is 95.3 Å². The molecule has 92 valence electrons. The van der Waals surface area contributed by atoms with Crippen LogP contribution < -0.4 is 16.4 Å². The van der Waals surface area contributed by atoms with Crippen molar-refractivity contribution in [3.63, 3.8) is 0 Å². The monoisotopic (exact) mass is 228 g/mol. The van der Waals surface area contributed by atoms with Gasteiger partial charge in [0.2, 0.25) is 5.91 Å². The van der Waals surface area contributed by atoms with E-state index in [0.717, 1.165) is 19.4 Å². The van der Waals surface area contributed by atoms with E-state index in [2.05, 4.69) is 15.8 Å². The predicted octanol–water partition coefficient (Wildman–Crippen LogP) is -0.371. The molecule has 0 aromatic rings. The molecule has 1 saturated carbocycles. The van der Waals surface area contributed by atoms with Gasteiger partial charge in [-0.25, -0.2) is 0 Å². The van der Waals surface area contributed by atoms with E-state index in [4.69, 9.17) is 10.9 Å². The Hall–Kier alpha value is -1.30. The first kappa shape index (κ1) is 12.8. The molecule has 0 radical (unpaired) electrons. The number of oxime groups is 1. The van der Waals surface area contributed by atoms with Crippen molar-refractivity contribution >= 4 is 11.7 Å². The van der Waals surface area contributed by atoms with Crippen molar-refractivity contribution in [2.75, 3.05) is 19.6 Å². The highest BCUT2D eigenvalue weighted by atomic mass is 16.4. The summed E-state index contributed by atoms with van der Waals surface area (Å²) in [4.78, 5) is 11.2. The fraction of sp³-hybridized carbons (Fsp3) is 0.800. The lowest BCUT2D eigenvalue weighted by Gasteiger charge is -2.14. The number of likely N-dealkylation sites (N-methyl/N-ethyl adjacent to an activating group) is 1. The highest BCUT2D eigenvalue weighted by Crippen LogP contribution is 2.48. The van der Waals surface area contributed by atoms with Gasteiger partial charge in [-0.2, -0.15) is 0 Å². The molecule has 1 aliphatic carbocycles. The molecule has 0 unspecified atom stereocenters. The first-order chi connectivity index (χ1) is 7.62. The number of carbonyl (C=O) groups is 1. The maximum absolute atomic E-state index is 11.2. The summed E-state index contributed by atoms with van der Waals surface area (Å²) >= 11 is 0. The summed E-state index contributed by atoms with van der Waals surface area (Å²) < 4.78 is 0. The molecule has 0 aliphatic heterocycles. The molecule has 0 heterocycles. The summed E-state index contributed by atoms with van der Waals surface area (Å²) in [6.07, 6.45) is 2.71. The summed E-state index contributed by atoms with van der Waals surface area (Å²) in [7, 11) is 0. The zero-order valence-electron chi connectivity index (χ0n) is 9.62. The fourth-order valence-corrected chi connectivity index (χ4v) is 1.71. The zero-order valence-corrected chi connectivity index (χ0v) is 9.62. The van der Waals surface area contributed by atoms with Gasteiger partial charge < -0.3 is 21.6 Å². The van der Waals surface area contributed by atoms with Crippen LogP contribution in [0.5, 0.6) is 0 Å². The summed E-state index contributed by atoms with van der Waals surface area (Å²) in [5.74, 6) is 0.263. The van der Waals surface area contributed by atoms with Crippen molar-refractivity contribution in [1.29, 1.82) is 0 Å². The molecule has 0 bridgehead atoms. The van der Waals surface area contributed by atoms with E-state index in [1.165, 1.54) is 0 Å². The molecule has 0 spiro atoms. The molecular formula is C10H20N4O2. The van der Waals surface area contributed by atoms with Gasteiger partial charge >= 0.3 is 0 Å². The van der Waals surface area contributed by atoms with E-state index in [0.29, 0.717) is 19.5 Å². The second kappa shape index (κ2) is 5.69. The predicted molar refractivity (Wildman–Crippen MR) is 61.2 cm³/mol. The molecule has 0 atom stereocenters. The van der Waals surface area contributed by atoms with E-state index < -0.39 is 0 Å². The van der Waals surface area contributed by atoms with E-state index in [-0.39, 0.29) is 17.2 Å². The number of hydrogen-bond donors (Lipinski definition) is 4. The van der Waals surface area contributed by atoms with Crippen LogP contribution in [-0.2, 0) is 4.79 Å². The lowest BCUT2D eigenvalue weighted by molar-refractivity contribution is -0.120. The third kappa shape index (κ3) is 4.06. The summed E-state index contributed by atoms with van der Waals surface area (Å²) in [5.41, 5.74) is 5.57. The van der Waals surface area contributed by atoms with Crippen LogP contribution in [0.1, 0.15) is 26.2 Å². The van der Waals surface area contributed by atoms with Crippen LogP contribution in [0.25, 0.3) is 0 Å². The molecule has 0 saturated heterocycles. The molecule has 1 fully saturated rings. The minimum atomic E-state index is 0.00194. The number of hydrogen-bond acceptors (Lipinski definition) is 4. The molecule has 1 amide bonds. The Morgan fingerprint density at radius 1 is 1.56 bits per heavy atom. The molecule has 0 aromatic heterocycles. The number of nitrogens with one attached hydrogen (secondary N) is 2. The van der Waals surface area contributed by atoms with Gasteiger partial charge in [0.05, 0.1) is 6.54 Å². The van der Waals surface area contributed by atoms with E-state index >= 15 is 0 Å². The highest BCUT2D eigenvalue weighted by Gasteiger charge is 2.42. The van der Waals surface area contributed by atoms with Crippen molar-refractivity contribution in [3.05, 3.63) is 0 Å². The van der Waals surface area contributed by atoms with Crippen molar-refractivity contribution in [1.82, 2.24) is 10.6 Å². The second-order valence-electron chi connectivity index (χ2n) is 4.33. The van der Waals surface area contributed by atoms with Crippen LogP contribution >= 0.6 is 0 Å². The molecular weight excluding hydrogens is 208 g/mol.